The van der Waals surface area contributed by atoms with E-state index in [0.717, 1.165) is 24.3 Å². The van der Waals surface area contributed by atoms with Gasteiger partial charge in [0.25, 0.3) is 0 Å². The van der Waals surface area contributed by atoms with Crippen LogP contribution in [0.3, 0.4) is 0 Å². The predicted octanol–water partition coefficient (Wildman–Crippen LogP) is 2.65. The molecular weight excluding hydrogens is 224 g/mol. The van der Waals surface area contributed by atoms with Gasteiger partial charge in [-0.25, -0.2) is 0 Å². The van der Waals surface area contributed by atoms with Crippen LogP contribution in [0.1, 0.15) is 26.7 Å². The Morgan fingerprint density at radius 1 is 1.33 bits per heavy atom. The van der Waals surface area contributed by atoms with Crippen molar-refractivity contribution in [3.05, 3.63) is 24.3 Å². The first-order chi connectivity index (χ1) is 8.40. The molecule has 2 N–H and O–H groups in total. The zero-order valence-corrected chi connectivity index (χ0v) is 11.8. The summed E-state index contributed by atoms with van der Waals surface area (Å²) in [6.45, 7) is 4.44. The summed E-state index contributed by atoms with van der Waals surface area (Å²) in [5.74, 6) is 0.916. The first-order valence-electron chi connectivity index (χ1n) is 6.60. The van der Waals surface area contributed by atoms with Crippen molar-refractivity contribution >= 4 is 5.69 Å². The molecule has 1 aromatic carbocycles. The van der Waals surface area contributed by atoms with E-state index in [1.54, 1.807) is 0 Å². The molecule has 0 aliphatic heterocycles. The largest absolute Gasteiger partial charge is 0.489 e. The summed E-state index contributed by atoms with van der Waals surface area (Å²) in [4.78, 5) is 2.07. The normalized spacial score (nSPS) is 26.1. The third-order valence-corrected chi connectivity index (χ3v) is 4.00. The van der Waals surface area contributed by atoms with Crippen LogP contribution in [-0.4, -0.2) is 26.2 Å². The van der Waals surface area contributed by atoms with Crippen LogP contribution in [0.2, 0.25) is 0 Å². The molecule has 1 aromatic rings. The smallest absolute Gasteiger partial charge is 0.121 e. The van der Waals surface area contributed by atoms with E-state index in [9.17, 15) is 0 Å². The second-order valence-electron chi connectivity index (χ2n) is 6.10. The maximum Gasteiger partial charge on any atom is 0.121 e. The zero-order chi connectivity index (χ0) is 13.3. The van der Waals surface area contributed by atoms with E-state index in [1.807, 2.05) is 26.2 Å². The Morgan fingerprint density at radius 2 is 2.06 bits per heavy atom. The molecule has 3 nitrogen and oxygen atoms in total. The lowest BCUT2D eigenvalue weighted by Gasteiger charge is -2.27. The van der Waals surface area contributed by atoms with Crippen LogP contribution in [0.5, 0.6) is 5.75 Å². The molecule has 2 rings (SSSR count). The van der Waals surface area contributed by atoms with E-state index in [-0.39, 0.29) is 17.6 Å². The highest BCUT2D eigenvalue weighted by atomic mass is 16.5. The van der Waals surface area contributed by atoms with Crippen molar-refractivity contribution < 1.29 is 4.74 Å². The molecule has 0 saturated heterocycles. The van der Waals surface area contributed by atoms with Gasteiger partial charge in [0, 0.05) is 31.9 Å². The van der Waals surface area contributed by atoms with Gasteiger partial charge in [0.05, 0.1) is 0 Å². The Kier molecular flexibility index (Phi) is 3.53. The maximum absolute atomic E-state index is 6.27. The summed E-state index contributed by atoms with van der Waals surface area (Å²) in [7, 11) is 4.06. The molecule has 100 valence electrons. The number of hydrogen-bond donors (Lipinski definition) is 1. The number of nitrogens with two attached hydrogens (primary N) is 1. The van der Waals surface area contributed by atoms with Gasteiger partial charge in [-0.1, -0.05) is 19.9 Å². The monoisotopic (exact) mass is 248 g/mol. The van der Waals surface area contributed by atoms with Gasteiger partial charge in [-0.15, -0.1) is 0 Å². The van der Waals surface area contributed by atoms with Crippen molar-refractivity contribution in [3.8, 4) is 5.75 Å². The number of ether oxygens (including phenoxy) is 1. The number of rotatable bonds is 3. The molecule has 0 aromatic heterocycles. The highest BCUT2D eigenvalue weighted by molar-refractivity contribution is 5.49. The molecule has 1 aliphatic rings. The fourth-order valence-electron chi connectivity index (χ4n) is 2.51. The van der Waals surface area contributed by atoms with E-state index < -0.39 is 0 Å². The lowest BCUT2D eigenvalue weighted by molar-refractivity contribution is 0.165. The average Bonchev–Trinajstić information content (AvgIpc) is 2.57. The van der Waals surface area contributed by atoms with Gasteiger partial charge in [-0.3, -0.25) is 0 Å². The Bertz CT molecular complexity index is 415. The summed E-state index contributed by atoms with van der Waals surface area (Å²) in [5.41, 5.74) is 7.60. The minimum Gasteiger partial charge on any atom is -0.489 e. The third-order valence-electron chi connectivity index (χ3n) is 4.00. The molecule has 1 saturated carbocycles. The third kappa shape index (κ3) is 2.61. The predicted molar refractivity (Wildman–Crippen MR) is 76.2 cm³/mol. The quantitative estimate of drug-likeness (QED) is 0.893. The van der Waals surface area contributed by atoms with E-state index >= 15 is 0 Å². The van der Waals surface area contributed by atoms with E-state index in [0.29, 0.717) is 0 Å². The molecule has 0 heterocycles. The van der Waals surface area contributed by atoms with Crippen LogP contribution in [0, 0.1) is 5.41 Å². The fraction of sp³-hybridized carbons (Fsp3) is 0.600. The van der Waals surface area contributed by atoms with Gasteiger partial charge in [0.2, 0.25) is 0 Å². The first kappa shape index (κ1) is 13.2. The number of hydrogen-bond acceptors (Lipinski definition) is 3. The van der Waals surface area contributed by atoms with Crippen molar-refractivity contribution in [2.75, 3.05) is 19.0 Å². The van der Waals surface area contributed by atoms with Crippen molar-refractivity contribution in [2.45, 2.75) is 38.8 Å². The molecule has 2 atom stereocenters. The van der Waals surface area contributed by atoms with E-state index in [1.165, 1.54) is 0 Å². The molecule has 0 bridgehead atoms. The molecule has 0 amide bonds. The van der Waals surface area contributed by atoms with Crippen LogP contribution >= 0.6 is 0 Å². The fourth-order valence-corrected chi connectivity index (χ4v) is 2.51. The Labute approximate surface area is 110 Å². The van der Waals surface area contributed by atoms with Gasteiger partial charge >= 0.3 is 0 Å². The lowest BCUT2D eigenvalue weighted by Crippen LogP contribution is -2.42. The van der Waals surface area contributed by atoms with Crippen molar-refractivity contribution in [3.63, 3.8) is 0 Å². The number of benzene rings is 1. The van der Waals surface area contributed by atoms with Crippen LogP contribution in [0.4, 0.5) is 5.69 Å². The summed E-state index contributed by atoms with van der Waals surface area (Å²) >= 11 is 0. The second kappa shape index (κ2) is 4.81. The summed E-state index contributed by atoms with van der Waals surface area (Å²) in [5, 5.41) is 0. The minimum absolute atomic E-state index is 0.112. The molecule has 0 spiro atoms. The van der Waals surface area contributed by atoms with Crippen molar-refractivity contribution in [2.24, 2.45) is 11.1 Å². The molecule has 1 fully saturated rings. The van der Waals surface area contributed by atoms with Crippen LogP contribution in [0.25, 0.3) is 0 Å². The standard InChI is InChI=1S/C15H24N2O/c1-15(2)9-8-13(14(15)16)18-12-7-5-6-11(10-12)17(3)4/h5-7,10,13-14H,8-9,16H2,1-4H3. The minimum atomic E-state index is 0.112. The molecule has 0 radical (unpaired) electrons. The Balaban J connectivity index is 2.08. The summed E-state index contributed by atoms with van der Waals surface area (Å²) < 4.78 is 6.06. The Hall–Kier alpha value is -1.22. The van der Waals surface area contributed by atoms with Crippen LogP contribution < -0.4 is 15.4 Å². The lowest BCUT2D eigenvalue weighted by atomic mass is 9.88. The summed E-state index contributed by atoms with van der Waals surface area (Å²) in [6, 6.07) is 8.28. The van der Waals surface area contributed by atoms with Gasteiger partial charge in [0.15, 0.2) is 0 Å². The molecular formula is C15H24N2O. The molecule has 3 heteroatoms. The summed E-state index contributed by atoms with van der Waals surface area (Å²) in [6.07, 6.45) is 2.31. The van der Waals surface area contributed by atoms with E-state index in [4.69, 9.17) is 10.5 Å². The molecule has 18 heavy (non-hydrogen) atoms. The van der Waals surface area contributed by atoms with Crippen molar-refractivity contribution in [1.29, 1.82) is 0 Å². The second-order valence-corrected chi connectivity index (χ2v) is 6.10. The maximum atomic E-state index is 6.27. The molecule has 2 unspecified atom stereocenters. The van der Waals surface area contributed by atoms with E-state index in [2.05, 4.69) is 30.9 Å². The average molecular weight is 248 g/mol. The SMILES string of the molecule is CN(C)c1cccc(OC2CCC(C)(C)C2N)c1. The zero-order valence-electron chi connectivity index (χ0n) is 11.8. The number of nitrogens with zero attached hydrogens (tertiary/aromatic N) is 1. The van der Waals surface area contributed by atoms with Gasteiger partial charge < -0.3 is 15.4 Å². The van der Waals surface area contributed by atoms with Crippen LogP contribution in [0.15, 0.2) is 24.3 Å². The topological polar surface area (TPSA) is 38.5 Å². The van der Waals surface area contributed by atoms with Crippen LogP contribution in [-0.2, 0) is 0 Å². The van der Waals surface area contributed by atoms with Crippen molar-refractivity contribution in [1.82, 2.24) is 0 Å². The highest BCUT2D eigenvalue weighted by Gasteiger charge is 2.40. The Morgan fingerprint density at radius 3 is 2.61 bits per heavy atom. The number of anilines is 1. The van der Waals surface area contributed by atoms with Gasteiger partial charge in [-0.2, -0.15) is 0 Å². The van der Waals surface area contributed by atoms with Gasteiger partial charge in [-0.05, 0) is 30.4 Å². The van der Waals surface area contributed by atoms with Gasteiger partial charge in [0.1, 0.15) is 11.9 Å². The first-order valence-corrected chi connectivity index (χ1v) is 6.60. The molecule has 1 aliphatic carbocycles. The highest BCUT2D eigenvalue weighted by Crippen LogP contribution is 2.38.